The molecule has 62 heavy (non-hydrogen) atoms. The van der Waals surface area contributed by atoms with Gasteiger partial charge in [0.1, 0.15) is 6.07 Å². The van der Waals surface area contributed by atoms with Crippen LogP contribution in [-0.2, 0) is 4.74 Å². The number of hydrogen-bond donors (Lipinski definition) is 0. The molecule has 2 heterocycles. The third-order valence-corrected chi connectivity index (χ3v) is 12.1. The fraction of sp³-hybridized carbons (Fsp3) is 0.0877. The highest BCUT2D eigenvalue weighted by Crippen LogP contribution is 2.45. The Bertz CT molecular complexity index is 3570. The summed E-state index contributed by atoms with van der Waals surface area (Å²) in [6.45, 7) is 8.82. The zero-order valence-electron chi connectivity index (χ0n) is 34.7. The number of fused-ring (bicyclic) bond motifs is 10. The van der Waals surface area contributed by atoms with E-state index in [9.17, 15) is 10.5 Å². The molecule has 0 atom stereocenters. The summed E-state index contributed by atoms with van der Waals surface area (Å²) in [5.74, 6) is 0.613. The second-order valence-corrected chi connectivity index (χ2v) is 15.6. The number of nitrogens with zero attached hydrogens (tertiary/aromatic N) is 4. The standard InChI is InChI=1S/C57H42N4O/c1-4-32-62-57(61-51-29-27-43(39-18-10-7-11-19-39)34-48(51)55-46-23-15-13-21-41(46)25-31-53(55)61)44(5-2)56(49(36-59)37(3)35-58)60-50-28-26-42(38-16-8-6-9-17-38)33-47(50)54-45-22-14-12-20-40(45)24-30-52(54)60/h6-31,33-34H,3-5,32H2,1-2H3/b56-49+,57-44+. The van der Waals surface area contributed by atoms with Crippen molar-refractivity contribution in [2.24, 2.45) is 0 Å². The van der Waals surface area contributed by atoms with Crippen molar-refractivity contribution in [3.63, 3.8) is 0 Å². The van der Waals surface area contributed by atoms with Gasteiger partial charge in [0.25, 0.3) is 0 Å². The first-order valence-corrected chi connectivity index (χ1v) is 21.2. The minimum absolute atomic E-state index is 0.0840. The topological polar surface area (TPSA) is 66.7 Å². The van der Waals surface area contributed by atoms with Crippen LogP contribution in [0.5, 0.6) is 0 Å². The summed E-state index contributed by atoms with van der Waals surface area (Å²) in [5, 5.41) is 30.6. The van der Waals surface area contributed by atoms with Gasteiger partial charge in [0.05, 0.1) is 51.6 Å². The molecule has 0 unspecified atom stereocenters. The van der Waals surface area contributed by atoms with Gasteiger partial charge in [-0.15, -0.1) is 0 Å². The SMILES string of the molecule is C=C(C#N)/C(C#N)=C(\C(CC)=C(\OCCC)n1c2ccc(-c3ccccc3)cc2c2c3ccccc3ccc21)n1c2ccc(-c3ccccc3)cc2c2c3ccccc3ccc21. The Kier molecular flexibility index (Phi) is 9.72. The first-order valence-electron chi connectivity index (χ1n) is 21.2. The Morgan fingerprint density at radius 2 is 1.00 bits per heavy atom. The minimum atomic E-state index is 0.0840. The second kappa shape index (κ2) is 15.8. The van der Waals surface area contributed by atoms with Crippen molar-refractivity contribution in [1.29, 1.82) is 10.5 Å². The predicted molar refractivity (Wildman–Crippen MR) is 258 cm³/mol. The lowest BCUT2D eigenvalue weighted by molar-refractivity contribution is 0.258. The van der Waals surface area contributed by atoms with E-state index in [1.54, 1.807) is 0 Å². The normalized spacial score (nSPS) is 12.5. The highest BCUT2D eigenvalue weighted by atomic mass is 16.5. The highest BCUT2D eigenvalue weighted by molar-refractivity contribution is 6.24. The molecule has 5 nitrogen and oxygen atoms in total. The molecular weight excluding hydrogens is 757 g/mol. The van der Waals surface area contributed by atoms with Crippen LogP contribution in [0.15, 0.2) is 193 Å². The molecule has 0 amide bonds. The van der Waals surface area contributed by atoms with E-state index in [1.165, 1.54) is 0 Å². The van der Waals surface area contributed by atoms with Gasteiger partial charge in [0, 0.05) is 27.1 Å². The van der Waals surface area contributed by atoms with E-state index < -0.39 is 0 Å². The number of hydrogen-bond acceptors (Lipinski definition) is 3. The summed E-state index contributed by atoms with van der Waals surface area (Å²) in [5.41, 5.74) is 9.87. The molecule has 5 heteroatoms. The maximum absolute atomic E-state index is 11.2. The predicted octanol–water partition coefficient (Wildman–Crippen LogP) is 15.1. The molecule has 10 aromatic rings. The average Bonchev–Trinajstić information content (AvgIpc) is 3.85. The lowest BCUT2D eigenvalue weighted by Gasteiger charge is -2.23. The van der Waals surface area contributed by atoms with Gasteiger partial charge in [-0.2, -0.15) is 10.5 Å². The van der Waals surface area contributed by atoms with Crippen LogP contribution < -0.4 is 0 Å². The summed E-state index contributed by atoms with van der Waals surface area (Å²) in [6, 6.07) is 64.4. The molecule has 0 radical (unpaired) electrons. The third-order valence-electron chi connectivity index (χ3n) is 12.1. The van der Waals surface area contributed by atoms with E-state index in [1.807, 2.05) is 12.1 Å². The third kappa shape index (κ3) is 6.14. The van der Waals surface area contributed by atoms with Crippen LogP contribution in [0.25, 0.3) is 99.0 Å². The van der Waals surface area contributed by atoms with Crippen LogP contribution in [0.2, 0.25) is 0 Å². The number of nitriles is 2. The Hall–Kier alpha value is -8.12. The van der Waals surface area contributed by atoms with Crippen LogP contribution in [-0.4, -0.2) is 15.7 Å². The zero-order chi connectivity index (χ0) is 42.3. The Labute approximate surface area is 360 Å². The molecule has 0 bridgehead atoms. The molecule has 2 aromatic heterocycles. The quantitative estimate of drug-likeness (QED) is 0.0786. The van der Waals surface area contributed by atoms with Gasteiger partial charge in [-0.05, 0) is 93.0 Å². The summed E-state index contributed by atoms with van der Waals surface area (Å²) in [7, 11) is 0. The summed E-state index contributed by atoms with van der Waals surface area (Å²) >= 11 is 0. The van der Waals surface area contributed by atoms with E-state index in [2.05, 4.69) is 199 Å². The monoisotopic (exact) mass is 798 g/mol. The molecule has 0 aliphatic heterocycles. The van der Waals surface area contributed by atoms with Crippen molar-refractivity contribution in [3.8, 4) is 34.4 Å². The van der Waals surface area contributed by atoms with Crippen LogP contribution in [0.3, 0.4) is 0 Å². The second-order valence-electron chi connectivity index (χ2n) is 15.6. The molecule has 0 fully saturated rings. The van der Waals surface area contributed by atoms with Crippen LogP contribution in [0, 0.1) is 22.7 Å². The number of aromatic nitrogens is 2. The Morgan fingerprint density at radius 3 is 1.50 bits per heavy atom. The van der Waals surface area contributed by atoms with E-state index >= 15 is 0 Å². The van der Waals surface area contributed by atoms with Crippen molar-refractivity contribution < 1.29 is 4.74 Å². The Balaban J connectivity index is 1.37. The summed E-state index contributed by atoms with van der Waals surface area (Å²) in [4.78, 5) is 0. The Morgan fingerprint density at radius 1 is 0.516 bits per heavy atom. The van der Waals surface area contributed by atoms with Gasteiger partial charge in [-0.3, -0.25) is 4.57 Å². The largest absolute Gasteiger partial charge is 0.478 e. The summed E-state index contributed by atoms with van der Waals surface area (Å²) < 4.78 is 11.5. The number of rotatable bonds is 10. The van der Waals surface area contributed by atoms with Crippen molar-refractivity contribution in [3.05, 3.63) is 193 Å². The van der Waals surface area contributed by atoms with Gasteiger partial charge in [-0.25, -0.2) is 0 Å². The van der Waals surface area contributed by atoms with Gasteiger partial charge in [0.2, 0.25) is 5.88 Å². The van der Waals surface area contributed by atoms with Crippen molar-refractivity contribution >= 4 is 76.7 Å². The van der Waals surface area contributed by atoms with Crippen molar-refractivity contribution in [1.82, 2.24) is 9.13 Å². The van der Waals surface area contributed by atoms with E-state index in [0.717, 1.165) is 99.4 Å². The molecule has 8 aromatic carbocycles. The average molecular weight is 799 g/mol. The molecule has 0 aliphatic carbocycles. The first-order chi connectivity index (χ1) is 30.5. The van der Waals surface area contributed by atoms with E-state index in [4.69, 9.17) is 4.74 Å². The highest BCUT2D eigenvalue weighted by Gasteiger charge is 2.28. The molecule has 0 aliphatic rings. The van der Waals surface area contributed by atoms with Gasteiger partial charge in [-0.1, -0.05) is 154 Å². The number of ether oxygens (including phenoxy) is 1. The molecule has 0 saturated heterocycles. The number of benzene rings is 8. The smallest absolute Gasteiger partial charge is 0.204 e. The maximum Gasteiger partial charge on any atom is 0.204 e. The fourth-order valence-electron chi connectivity index (χ4n) is 9.28. The van der Waals surface area contributed by atoms with Crippen LogP contribution >= 0.6 is 0 Å². The van der Waals surface area contributed by atoms with E-state index in [-0.39, 0.29) is 11.1 Å². The first kappa shape index (κ1) is 38.1. The number of allylic oxidation sites excluding steroid dienone is 4. The molecule has 0 spiro atoms. The lowest BCUT2D eigenvalue weighted by Crippen LogP contribution is -2.12. The van der Waals surface area contributed by atoms with Gasteiger partial charge >= 0.3 is 0 Å². The molecular formula is C57H42N4O. The van der Waals surface area contributed by atoms with Crippen molar-refractivity contribution in [2.45, 2.75) is 26.7 Å². The molecule has 0 saturated carbocycles. The zero-order valence-corrected chi connectivity index (χ0v) is 34.7. The minimum Gasteiger partial charge on any atom is -0.478 e. The van der Waals surface area contributed by atoms with Gasteiger partial charge < -0.3 is 9.30 Å². The lowest BCUT2D eigenvalue weighted by atomic mass is 9.99. The van der Waals surface area contributed by atoms with E-state index in [0.29, 0.717) is 24.6 Å². The fourth-order valence-corrected chi connectivity index (χ4v) is 9.28. The van der Waals surface area contributed by atoms with Crippen LogP contribution in [0.4, 0.5) is 0 Å². The maximum atomic E-state index is 11.2. The van der Waals surface area contributed by atoms with Gasteiger partial charge in [0.15, 0.2) is 0 Å². The van der Waals surface area contributed by atoms with Crippen LogP contribution in [0.1, 0.15) is 26.7 Å². The molecule has 296 valence electrons. The van der Waals surface area contributed by atoms with Crippen molar-refractivity contribution in [2.75, 3.05) is 6.61 Å². The summed E-state index contributed by atoms with van der Waals surface area (Å²) in [6.07, 6.45) is 1.24. The molecule has 10 rings (SSSR count). The molecule has 0 N–H and O–H groups in total.